The molecule has 2 N–H and O–H groups in total. The number of nitrogens with one attached hydrogen (secondary N) is 1. The molecule has 0 fully saturated rings. The van der Waals surface area contributed by atoms with E-state index < -0.39 is 15.6 Å². The first-order chi connectivity index (χ1) is 6.18. The second-order valence-electron chi connectivity index (χ2n) is 4.32. The zero-order valence-electron chi connectivity index (χ0n) is 9.37. The van der Waals surface area contributed by atoms with Crippen LogP contribution in [0, 0.1) is 5.92 Å². The molecule has 0 amide bonds. The Morgan fingerprint density at radius 3 is 2.29 bits per heavy atom. The summed E-state index contributed by atoms with van der Waals surface area (Å²) >= 11 is 0. The normalized spacial score (nSPS) is 17.0. The van der Waals surface area contributed by atoms with Gasteiger partial charge in [-0.15, -0.1) is 0 Å². The van der Waals surface area contributed by atoms with Gasteiger partial charge in [-0.1, -0.05) is 13.8 Å². The highest BCUT2D eigenvalue weighted by molar-refractivity contribution is 7.89. The zero-order chi connectivity index (χ0) is 11.4. The van der Waals surface area contributed by atoms with E-state index in [0.29, 0.717) is 12.3 Å². The Hall–Kier alpha value is -0.130. The van der Waals surface area contributed by atoms with Crippen LogP contribution in [-0.4, -0.2) is 31.4 Å². The fraction of sp³-hybridized carbons (Fsp3) is 1.00. The van der Waals surface area contributed by atoms with Crippen LogP contribution in [0.25, 0.3) is 0 Å². The fourth-order valence-electron chi connectivity index (χ4n) is 1.32. The maximum Gasteiger partial charge on any atom is 0.211 e. The van der Waals surface area contributed by atoms with E-state index in [0.717, 1.165) is 0 Å². The summed E-state index contributed by atoms with van der Waals surface area (Å²) in [6, 6.07) is 0. The van der Waals surface area contributed by atoms with Crippen molar-refractivity contribution in [3.63, 3.8) is 0 Å². The third kappa shape index (κ3) is 6.34. The Balaban J connectivity index is 4.12. The van der Waals surface area contributed by atoms with E-state index in [2.05, 4.69) is 4.72 Å². The molecule has 4 nitrogen and oxygen atoms in total. The smallest absolute Gasteiger partial charge is 0.211 e. The molecule has 1 unspecified atom stereocenters. The van der Waals surface area contributed by atoms with Crippen LogP contribution in [0.5, 0.6) is 0 Å². The Kier molecular flexibility index (Phi) is 5.05. The Bertz CT molecular complexity index is 257. The van der Waals surface area contributed by atoms with Crippen molar-refractivity contribution in [2.75, 3.05) is 12.3 Å². The lowest BCUT2D eigenvalue weighted by molar-refractivity contribution is 0.0437. The topological polar surface area (TPSA) is 66.4 Å². The van der Waals surface area contributed by atoms with Crippen molar-refractivity contribution in [1.82, 2.24) is 4.72 Å². The highest BCUT2D eigenvalue weighted by Gasteiger charge is 2.23. The van der Waals surface area contributed by atoms with Crippen molar-refractivity contribution in [2.24, 2.45) is 5.92 Å². The lowest BCUT2D eigenvalue weighted by Crippen LogP contribution is -2.41. The molecule has 86 valence electrons. The fourth-order valence-corrected chi connectivity index (χ4v) is 2.05. The van der Waals surface area contributed by atoms with E-state index in [1.165, 1.54) is 0 Å². The van der Waals surface area contributed by atoms with Gasteiger partial charge in [0, 0.05) is 6.54 Å². The molecule has 0 aromatic rings. The lowest BCUT2D eigenvalue weighted by Gasteiger charge is -2.25. The molecule has 0 aliphatic heterocycles. The number of hydrogen-bond donors (Lipinski definition) is 2. The molecule has 0 aliphatic rings. The molecular formula is C9H21NO3S. The van der Waals surface area contributed by atoms with Crippen molar-refractivity contribution in [2.45, 2.75) is 39.7 Å². The predicted molar refractivity (Wildman–Crippen MR) is 57.5 cm³/mol. The molecule has 0 spiro atoms. The zero-order valence-corrected chi connectivity index (χ0v) is 10.2. The van der Waals surface area contributed by atoms with Gasteiger partial charge in [-0.2, -0.15) is 0 Å². The number of rotatable bonds is 6. The van der Waals surface area contributed by atoms with Gasteiger partial charge < -0.3 is 5.11 Å². The summed E-state index contributed by atoms with van der Waals surface area (Å²) in [4.78, 5) is 0. The molecular weight excluding hydrogens is 202 g/mol. The first-order valence-electron chi connectivity index (χ1n) is 4.88. The third-order valence-electron chi connectivity index (χ3n) is 1.90. The van der Waals surface area contributed by atoms with Gasteiger partial charge in [-0.25, -0.2) is 13.1 Å². The largest absolute Gasteiger partial charge is 0.389 e. The summed E-state index contributed by atoms with van der Waals surface area (Å²) in [7, 11) is -3.20. The summed E-state index contributed by atoms with van der Waals surface area (Å²) in [6.07, 6.45) is 0.583. The van der Waals surface area contributed by atoms with Crippen molar-refractivity contribution >= 4 is 10.0 Å². The maximum absolute atomic E-state index is 11.1. The minimum absolute atomic E-state index is 0.0464. The number of hydrogen-bond acceptors (Lipinski definition) is 3. The molecule has 0 rings (SSSR count). The van der Waals surface area contributed by atoms with Crippen molar-refractivity contribution in [3.05, 3.63) is 0 Å². The van der Waals surface area contributed by atoms with Gasteiger partial charge in [0.1, 0.15) is 0 Å². The minimum atomic E-state index is -3.20. The molecule has 0 aromatic carbocycles. The molecule has 0 bridgehead atoms. The van der Waals surface area contributed by atoms with Crippen LogP contribution in [0.15, 0.2) is 0 Å². The van der Waals surface area contributed by atoms with E-state index in [4.69, 9.17) is 0 Å². The summed E-state index contributed by atoms with van der Waals surface area (Å²) in [5.41, 5.74) is -0.962. The van der Waals surface area contributed by atoms with Crippen LogP contribution in [0.1, 0.15) is 34.1 Å². The molecule has 0 heterocycles. The third-order valence-corrected chi connectivity index (χ3v) is 3.25. The summed E-state index contributed by atoms with van der Waals surface area (Å²) in [6.45, 7) is 7.28. The highest BCUT2D eigenvalue weighted by Crippen LogP contribution is 2.15. The molecule has 1 atom stereocenters. The predicted octanol–water partition coefficient (Wildman–Crippen LogP) is 0.723. The van der Waals surface area contributed by atoms with Gasteiger partial charge in [0.2, 0.25) is 10.0 Å². The standard InChI is InChI=1S/C9H21NO3S/c1-5-14(12,13)10-7-9(4,11)6-8(2)3/h8,10-11H,5-7H2,1-4H3. The SMILES string of the molecule is CCS(=O)(=O)NCC(C)(O)CC(C)C. The molecule has 0 radical (unpaired) electrons. The summed E-state index contributed by atoms with van der Waals surface area (Å²) in [5.74, 6) is 0.390. The quantitative estimate of drug-likeness (QED) is 0.697. The average molecular weight is 223 g/mol. The lowest BCUT2D eigenvalue weighted by atomic mass is 9.95. The maximum atomic E-state index is 11.1. The Morgan fingerprint density at radius 2 is 1.93 bits per heavy atom. The van der Waals surface area contributed by atoms with E-state index in [-0.39, 0.29) is 12.3 Å². The molecule has 14 heavy (non-hydrogen) atoms. The second-order valence-corrected chi connectivity index (χ2v) is 6.41. The van der Waals surface area contributed by atoms with Crippen LogP contribution >= 0.6 is 0 Å². The van der Waals surface area contributed by atoms with E-state index in [1.54, 1.807) is 13.8 Å². The van der Waals surface area contributed by atoms with Gasteiger partial charge in [0.25, 0.3) is 0 Å². The van der Waals surface area contributed by atoms with Crippen molar-refractivity contribution < 1.29 is 13.5 Å². The molecule has 0 saturated heterocycles. The van der Waals surface area contributed by atoms with Crippen LogP contribution in [0.3, 0.4) is 0 Å². The average Bonchev–Trinajstić information content (AvgIpc) is 1.99. The second kappa shape index (κ2) is 5.09. The first-order valence-corrected chi connectivity index (χ1v) is 6.53. The first kappa shape index (κ1) is 13.9. The number of sulfonamides is 1. The Morgan fingerprint density at radius 1 is 1.43 bits per heavy atom. The van der Waals surface area contributed by atoms with Crippen LogP contribution in [-0.2, 0) is 10.0 Å². The van der Waals surface area contributed by atoms with E-state index >= 15 is 0 Å². The highest BCUT2D eigenvalue weighted by atomic mass is 32.2. The van der Waals surface area contributed by atoms with Gasteiger partial charge in [-0.05, 0) is 26.2 Å². The van der Waals surface area contributed by atoms with Gasteiger partial charge in [-0.3, -0.25) is 0 Å². The van der Waals surface area contributed by atoms with Crippen LogP contribution in [0.4, 0.5) is 0 Å². The molecule has 0 aliphatic carbocycles. The van der Waals surface area contributed by atoms with Gasteiger partial charge in [0.05, 0.1) is 11.4 Å². The van der Waals surface area contributed by atoms with Crippen molar-refractivity contribution in [3.8, 4) is 0 Å². The monoisotopic (exact) mass is 223 g/mol. The van der Waals surface area contributed by atoms with E-state index in [1.807, 2.05) is 13.8 Å². The minimum Gasteiger partial charge on any atom is -0.389 e. The van der Waals surface area contributed by atoms with Crippen LogP contribution < -0.4 is 4.72 Å². The van der Waals surface area contributed by atoms with Crippen molar-refractivity contribution in [1.29, 1.82) is 0 Å². The van der Waals surface area contributed by atoms with Gasteiger partial charge in [0.15, 0.2) is 0 Å². The number of aliphatic hydroxyl groups is 1. The molecule has 0 aromatic heterocycles. The van der Waals surface area contributed by atoms with Gasteiger partial charge >= 0.3 is 0 Å². The summed E-state index contributed by atoms with van der Waals surface area (Å²) in [5, 5.41) is 9.82. The summed E-state index contributed by atoms with van der Waals surface area (Å²) < 4.78 is 24.6. The molecule has 0 saturated carbocycles. The van der Waals surface area contributed by atoms with E-state index in [9.17, 15) is 13.5 Å². The Labute approximate surface area is 86.8 Å². The molecule has 5 heteroatoms. The van der Waals surface area contributed by atoms with Crippen LogP contribution in [0.2, 0.25) is 0 Å².